The largest absolute Gasteiger partial charge is 0.497 e. The van der Waals surface area contributed by atoms with Crippen LogP contribution in [0.2, 0.25) is 0 Å². The molecular formula is C29H27N3O5. The number of aliphatic imine (C=N–C) groups is 1. The van der Waals surface area contributed by atoms with Gasteiger partial charge in [-0.3, -0.25) is 5.32 Å². The summed E-state index contributed by atoms with van der Waals surface area (Å²) in [5, 5.41) is 3.48. The summed E-state index contributed by atoms with van der Waals surface area (Å²) in [7, 11) is 1.59. The Hall–Kier alpha value is -4.59. The van der Waals surface area contributed by atoms with E-state index in [4.69, 9.17) is 19.2 Å². The van der Waals surface area contributed by atoms with E-state index >= 15 is 0 Å². The van der Waals surface area contributed by atoms with Crippen molar-refractivity contribution in [3.8, 4) is 5.75 Å². The Labute approximate surface area is 214 Å². The van der Waals surface area contributed by atoms with E-state index in [0.717, 1.165) is 5.52 Å². The zero-order valence-corrected chi connectivity index (χ0v) is 21.0. The molecule has 0 bridgehead atoms. The first kappa shape index (κ1) is 24.1. The highest BCUT2D eigenvalue weighted by Gasteiger charge is 2.50. The summed E-state index contributed by atoms with van der Waals surface area (Å²) in [5.74, 6) is 0.384. The monoisotopic (exact) mass is 497 g/mol. The summed E-state index contributed by atoms with van der Waals surface area (Å²) < 4.78 is 16.4. The minimum Gasteiger partial charge on any atom is -0.497 e. The van der Waals surface area contributed by atoms with Crippen LogP contribution in [0.1, 0.15) is 37.5 Å². The fraction of sp³-hybridized carbons (Fsp3) is 0.207. The van der Waals surface area contributed by atoms with Crippen LogP contribution in [0.5, 0.6) is 5.75 Å². The van der Waals surface area contributed by atoms with Crippen molar-refractivity contribution in [2.45, 2.75) is 31.9 Å². The SMILES string of the molecule is COc1ccc(C2=NC(c3ccccc3)(c3c[nH]c4ccc(NC(=O)OC(C)(C)C)cc34)C(=O)O2)cc1. The number of aromatic amines is 1. The molecule has 0 radical (unpaired) electrons. The minimum atomic E-state index is -1.45. The van der Waals surface area contributed by atoms with Gasteiger partial charge in [-0.1, -0.05) is 30.3 Å². The zero-order valence-electron chi connectivity index (χ0n) is 21.0. The van der Waals surface area contributed by atoms with Gasteiger partial charge in [0.15, 0.2) is 0 Å². The summed E-state index contributed by atoms with van der Waals surface area (Å²) >= 11 is 0. The van der Waals surface area contributed by atoms with Crippen molar-refractivity contribution in [1.82, 2.24) is 4.98 Å². The molecule has 0 saturated heterocycles. The Morgan fingerprint density at radius 3 is 2.43 bits per heavy atom. The molecule has 1 aliphatic heterocycles. The average Bonchev–Trinajstić information content (AvgIpc) is 3.44. The lowest BCUT2D eigenvalue weighted by Crippen LogP contribution is -2.32. The van der Waals surface area contributed by atoms with Crippen molar-refractivity contribution in [3.63, 3.8) is 0 Å². The molecule has 3 aromatic carbocycles. The number of carbonyl (C=O) groups is 2. The lowest BCUT2D eigenvalue weighted by Gasteiger charge is -2.22. The topological polar surface area (TPSA) is 102 Å². The molecule has 1 atom stereocenters. The van der Waals surface area contributed by atoms with Crippen LogP contribution in [0.25, 0.3) is 10.9 Å². The number of hydrogen-bond acceptors (Lipinski definition) is 6. The maximum Gasteiger partial charge on any atom is 0.412 e. The Balaban J connectivity index is 1.63. The second-order valence-electron chi connectivity index (χ2n) is 9.70. The number of H-pyrrole nitrogens is 1. The van der Waals surface area contributed by atoms with E-state index in [9.17, 15) is 9.59 Å². The average molecular weight is 498 g/mol. The predicted octanol–water partition coefficient (Wildman–Crippen LogP) is 5.77. The fourth-order valence-electron chi connectivity index (χ4n) is 4.35. The standard InChI is InChI=1S/C29H27N3O5/c1-28(2,3)37-27(34)31-20-12-15-24-22(16-20)23(17-30-24)29(19-8-6-5-7-9-19)26(33)36-25(32-29)18-10-13-21(35-4)14-11-18/h5-17,30H,1-4H3,(H,31,34). The third-order valence-corrected chi connectivity index (χ3v) is 6.00. The number of ether oxygens (including phenoxy) is 3. The Morgan fingerprint density at radius 1 is 1.03 bits per heavy atom. The highest BCUT2D eigenvalue weighted by molar-refractivity contribution is 6.11. The lowest BCUT2D eigenvalue weighted by molar-refractivity contribution is -0.137. The maximum absolute atomic E-state index is 13.7. The van der Waals surface area contributed by atoms with Gasteiger partial charge in [0.05, 0.1) is 7.11 Å². The molecule has 1 aliphatic rings. The number of esters is 1. The number of amides is 1. The van der Waals surface area contributed by atoms with Crippen molar-refractivity contribution in [3.05, 3.63) is 95.7 Å². The molecule has 1 amide bonds. The van der Waals surface area contributed by atoms with E-state index in [1.54, 1.807) is 70.5 Å². The number of hydrogen-bond donors (Lipinski definition) is 2. The van der Waals surface area contributed by atoms with E-state index in [1.807, 2.05) is 36.4 Å². The summed E-state index contributed by atoms with van der Waals surface area (Å²) in [6.45, 7) is 5.40. The van der Waals surface area contributed by atoms with E-state index in [0.29, 0.717) is 33.5 Å². The van der Waals surface area contributed by atoms with Crippen LogP contribution in [0.3, 0.4) is 0 Å². The molecule has 0 spiro atoms. The smallest absolute Gasteiger partial charge is 0.412 e. The van der Waals surface area contributed by atoms with Crippen LogP contribution in [-0.2, 0) is 19.8 Å². The van der Waals surface area contributed by atoms with Gasteiger partial charge in [-0.25, -0.2) is 14.6 Å². The van der Waals surface area contributed by atoms with Crippen LogP contribution in [0.15, 0.2) is 84.0 Å². The van der Waals surface area contributed by atoms with Gasteiger partial charge in [-0.05, 0) is 68.8 Å². The van der Waals surface area contributed by atoms with Gasteiger partial charge in [0.2, 0.25) is 11.4 Å². The molecule has 2 N–H and O–H groups in total. The molecular weight excluding hydrogens is 470 g/mol. The molecule has 1 unspecified atom stereocenters. The summed E-state index contributed by atoms with van der Waals surface area (Å²) in [5.41, 5.74) is 1.14. The second kappa shape index (κ2) is 9.13. The lowest BCUT2D eigenvalue weighted by atomic mass is 9.83. The van der Waals surface area contributed by atoms with Crippen LogP contribution < -0.4 is 10.1 Å². The van der Waals surface area contributed by atoms with E-state index in [-0.39, 0.29) is 5.90 Å². The molecule has 1 aromatic heterocycles. The van der Waals surface area contributed by atoms with Crippen molar-refractivity contribution < 1.29 is 23.8 Å². The third kappa shape index (κ3) is 4.53. The molecule has 188 valence electrons. The van der Waals surface area contributed by atoms with Crippen LogP contribution in [-0.4, -0.2) is 35.7 Å². The minimum absolute atomic E-state index is 0.217. The number of anilines is 1. The highest BCUT2D eigenvalue weighted by atomic mass is 16.6. The molecule has 8 nitrogen and oxygen atoms in total. The molecule has 0 fully saturated rings. The number of nitrogens with zero attached hydrogens (tertiary/aromatic N) is 1. The number of rotatable bonds is 5. The number of cyclic esters (lactones) is 1. The first-order valence-corrected chi connectivity index (χ1v) is 11.8. The summed E-state index contributed by atoms with van der Waals surface area (Å²) in [6, 6.07) is 21.8. The summed E-state index contributed by atoms with van der Waals surface area (Å²) in [4.78, 5) is 34.2. The maximum atomic E-state index is 13.7. The molecule has 5 rings (SSSR count). The number of fused-ring (bicyclic) bond motifs is 1. The zero-order chi connectivity index (χ0) is 26.2. The van der Waals surface area contributed by atoms with Crippen molar-refractivity contribution in [2.24, 2.45) is 4.99 Å². The first-order chi connectivity index (χ1) is 17.7. The Morgan fingerprint density at radius 2 is 1.76 bits per heavy atom. The highest BCUT2D eigenvalue weighted by Crippen LogP contribution is 2.43. The molecule has 0 saturated carbocycles. The number of benzene rings is 3. The predicted molar refractivity (Wildman–Crippen MR) is 141 cm³/mol. The molecule has 37 heavy (non-hydrogen) atoms. The normalized spacial score (nSPS) is 17.3. The molecule has 0 aliphatic carbocycles. The first-order valence-electron chi connectivity index (χ1n) is 11.8. The van der Waals surface area contributed by atoms with Gasteiger partial charge in [-0.15, -0.1) is 0 Å². The van der Waals surface area contributed by atoms with E-state index in [1.165, 1.54) is 0 Å². The van der Waals surface area contributed by atoms with Crippen molar-refractivity contribution >= 4 is 34.6 Å². The summed E-state index contributed by atoms with van der Waals surface area (Å²) in [6.07, 6.45) is 1.19. The van der Waals surface area contributed by atoms with Gasteiger partial charge in [0, 0.05) is 33.9 Å². The van der Waals surface area contributed by atoms with Crippen LogP contribution >= 0.6 is 0 Å². The van der Waals surface area contributed by atoms with Crippen LogP contribution in [0, 0.1) is 0 Å². The number of carbonyl (C=O) groups excluding carboxylic acids is 2. The van der Waals surface area contributed by atoms with E-state index in [2.05, 4.69) is 10.3 Å². The quantitative estimate of drug-likeness (QED) is 0.341. The second-order valence-corrected chi connectivity index (χ2v) is 9.70. The Bertz CT molecular complexity index is 1500. The van der Waals surface area contributed by atoms with Gasteiger partial charge in [0.25, 0.3) is 0 Å². The third-order valence-electron chi connectivity index (χ3n) is 6.00. The van der Waals surface area contributed by atoms with Gasteiger partial charge in [0.1, 0.15) is 11.4 Å². The van der Waals surface area contributed by atoms with Gasteiger partial charge < -0.3 is 19.2 Å². The molecule has 8 heteroatoms. The van der Waals surface area contributed by atoms with Gasteiger partial charge >= 0.3 is 12.1 Å². The Kier molecular flexibility index (Phi) is 5.95. The van der Waals surface area contributed by atoms with Crippen LogP contribution in [0.4, 0.5) is 10.5 Å². The molecule has 4 aromatic rings. The fourth-order valence-corrected chi connectivity index (χ4v) is 4.35. The number of aromatic nitrogens is 1. The van der Waals surface area contributed by atoms with Crippen molar-refractivity contribution in [2.75, 3.05) is 12.4 Å². The van der Waals surface area contributed by atoms with Crippen molar-refractivity contribution in [1.29, 1.82) is 0 Å². The van der Waals surface area contributed by atoms with Gasteiger partial charge in [-0.2, -0.15) is 0 Å². The number of methoxy groups -OCH3 is 1. The molecule has 2 heterocycles. The number of nitrogens with one attached hydrogen (secondary N) is 2. The van der Waals surface area contributed by atoms with E-state index < -0.39 is 23.2 Å².